The fraction of sp³-hybridized carbons (Fsp3) is 0.489. The highest BCUT2D eigenvalue weighted by atomic mass is 33.1. The molecule has 0 aromatic heterocycles. The van der Waals surface area contributed by atoms with E-state index >= 15 is 0 Å². The molecule has 0 saturated heterocycles. The van der Waals surface area contributed by atoms with Crippen molar-refractivity contribution >= 4 is 113 Å². The fourth-order valence-electron chi connectivity index (χ4n) is 6.74. The number of nitrogens with one attached hydrogen (secondary N) is 3. The number of hydrogen-bond acceptors (Lipinski definition) is 20. The molecule has 3 atom stereocenters. The number of carbonyl (C=O) groups excluding carboxylic acids is 7. The quantitative estimate of drug-likeness (QED) is 0.0222. The van der Waals surface area contributed by atoms with E-state index in [4.69, 9.17) is 15.0 Å². The number of aldehydes is 1. The van der Waals surface area contributed by atoms with E-state index in [9.17, 15) is 90.0 Å². The zero-order valence-electron chi connectivity index (χ0n) is 40.9. The van der Waals surface area contributed by atoms with Crippen molar-refractivity contribution in [3.63, 3.8) is 0 Å². The fourth-order valence-corrected chi connectivity index (χ4v) is 10.0. The number of hydrogen-bond donors (Lipinski definition) is 9. The molecule has 0 bridgehead atoms. The minimum atomic E-state index is -4.01. The summed E-state index contributed by atoms with van der Waals surface area (Å²) >= 11 is 0. The number of nitrogens with zero attached hydrogens (tertiary/aromatic N) is 2. The molecular weight excluding hydrogens is 1090 g/mol. The first kappa shape index (κ1) is 65.9. The maximum Gasteiger partial charge on any atom is 0.327 e. The number of anilines is 1. The van der Waals surface area contributed by atoms with E-state index in [0.29, 0.717) is 24.2 Å². The molecule has 0 aliphatic carbocycles. The molecule has 31 heteroatoms. The number of sulfonamides is 2. The summed E-state index contributed by atoms with van der Waals surface area (Å²) in [5, 5.41) is 55.3. The normalized spacial score (nSPS) is 12.7. The molecular formula is C45H61N7O20S4. The van der Waals surface area contributed by atoms with Gasteiger partial charge in [-0.2, -0.15) is 0 Å². The van der Waals surface area contributed by atoms with Gasteiger partial charge >= 0.3 is 23.9 Å². The largest absolute Gasteiger partial charge is 0.481 e. The van der Waals surface area contributed by atoms with Gasteiger partial charge in [0.05, 0.1) is 67.4 Å². The monoisotopic (exact) mass is 1150 g/mol. The van der Waals surface area contributed by atoms with Gasteiger partial charge in [0, 0.05) is 69.0 Å². The lowest BCUT2D eigenvalue weighted by Gasteiger charge is -2.26. The van der Waals surface area contributed by atoms with Gasteiger partial charge in [0.25, 0.3) is 0 Å². The van der Waals surface area contributed by atoms with E-state index < -0.39 is 136 Å². The van der Waals surface area contributed by atoms with Crippen LogP contribution in [0.5, 0.6) is 0 Å². The van der Waals surface area contributed by atoms with Crippen molar-refractivity contribution in [2.24, 2.45) is 16.2 Å². The van der Waals surface area contributed by atoms with E-state index in [1.54, 1.807) is 0 Å². The third kappa shape index (κ3) is 28.1. The van der Waals surface area contributed by atoms with Crippen LogP contribution in [0.3, 0.4) is 0 Å². The molecule has 0 fully saturated rings. The number of benzene rings is 2. The van der Waals surface area contributed by atoms with Crippen LogP contribution in [0.15, 0.2) is 58.3 Å². The summed E-state index contributed by atoms with van der Waals surface area (Å²) in [4.78, 5) is 138. The predicted molar refractivity (Wildman–Crippen MR) is 272 cm³/mol. The molecule has 76 heavy (non-hydrogen) atoms. The van der Waals surface area contributed by atoms with Crippen molar-refractivity contribution < 1.29 is 94.7 Å². The SMILES string of the molecule is NS(=O)(=O)c1ccc(CC(=O)CN(CCN(CC(=O)O)CC(=O)Nc2ccc(S(N)(=O)=O)cc2)CC(=O)CCCOCCC(=O)N[C@@H](CC(=O)O)C(=O)C[C@@H](CC(=O)O)C(=O)N[C@@H](CSSCCCC=O)C(=O)O)cc1. The third-order valence-electron chi connectivity index (χ3n) is 10.4. The Kier molecular flexibility index (Phi) is 29.3. The van der Waals surface area contributed by atoms with Crippen molar-refractivity contribution in [2.45, 2.75) is 79.7 Å². The van der Waals surface area contributed by atoms with Gasteiger partial charge < -0.3 is 45.9 Å². The van der Waals surface area contributed by atoms with E-state index in [1.807, 2.05) is 0 Å². The first-order valence-electron chi connectivity index (χ1n) is 23.0. The molecule has 27 nitrogen and oxygen atoms in total. The van der Waals surface area contributed by atoms with Gasteiger partial charge in [-0.3, -0.25) is 53.0 Å². The van der Waals surface area contributed by atoms with Crippen LogP contribution in [-0.2, 0) is 83.9 Å². The summed E-state index contributed by atoms with van der Waals surface area (Å²) in [6.07, 6.45) is -1.82. The van der Waals surface area contributed by atoms with E-state index in [2.05, 4.69) is 16.0 Å². The summed E-state index contributed by atoms with van der Waals surface area (Å²) in [5.74, 6) is -11.6. The summed E-state index contributed by atoms with van der Waals surface area (Å²) in [7, 11) is -5.70. The van der Waals surface area contributed by atoms with Crippen molar-refractivity contribution in [3.05, 3.63) is 54.1 Å². The van der Waals surface area contributed by atoms with Crippen LogP contribution in [0.2, 0.25) is 0 Å². The zero-order chi connectivity index (χ0) is 57.0. The van der Waals surface area contributed by atoms with Crippen molar-refractivity contribution in [1.29, 1.82) is 0 Å². The molecule has 3 amide bonds. The Morgan fingerprint density at radius 2 is 1.21 bits per heavy atom. The molecule has 0 heterocycles. The lowest BCUT2D eigenvalue weighted by molar-refractivity contribution is -0.145. The highest BCUT2D eigenvalue weighted by Gasteiger charge is 2.33. The number of ether oxygens (including phenoxy) is 1. The first-order valence-corrected chi connectivity index (χ1v) is 28.5. The van der Waals surface area contributed by atoms with Gasteiger partial charge in [-0.15, -0.1) is 0 Å². The number of carboxylic acids is 4. The Bertz CT molecular complexity index is 2590. The van der Waals surface area contributed by atoms with Crippen LogP contribution in [0, 0.1) is 5.92 Å². The molecule has 2 aromatic carbocycles. The number of rotatable bonds is 41. The molecule has 0 radical (unpaired) electrons. The molecule has 0 spiro atoms. The Morgan fingerprint density at radius 1 is 0.632 bits per heavy atom. The number of ketones is 3. The average molecular weight is 1150 g/mol. The maximum atomic E-state index is 13.3. The van der Waals surface area contributed by atoms with Crippen molar-refractivity contribution in [1.82, 2.24) is 20.4 Å². The number of amides is 3. The van der Waals surface area contributed by atoms with Gasteiger partial charge in [0.15, 0.2) is 11.6 Å². The van der Waals surface area contributed by atoms with Crippen molar-refractivity contribution in [2.75, 3.05) is 69.3 Å². The van der Waals surface area contributed by atoms with Crippen LogP contribution in [-0.4, -0.2) is 188 Å². The van der Waals surface area contributed by atoms with Gasteiger partial charge in [0.2, 0.25) is 37.8 Å². The lowest BCUT2D eigenvalue weighted by atomic mass is 9.93. The van der Waals surface area contributed by atoms with E-state index in [-0.39, 0.29) is 79.9 Å². The van der Waals surface area contributed by atoms with Gasteiger partial charge in [-0.05, 0) is 54.8 Å². The molecule has 0 saturated carbocycles. The van der Waals surface area contributed by atoms with Crippen LogP contribution in [0.1, 0.15) is 56.9 Å². The summed E-state index contributed by atoms with van der Waals surface area (Å²) in [6.45, 7) is -2.41. The number of carboxylic acid groups (broad SMARTS) is 4. The standard InChI is InChI=1S/C45H61N7O20S4/c46-75(68,69)34-9-5-29(6-10-34)20-33(55)25-51(14-15-52(27-43(63)64)26-40(58)48-31-7-11-35(12-8-31)76(47,70)71)24-32(54)4-3-17-72-18-13-39(57)49-36(23-42(61)62)38(56)21-30(22-41(59)60)44(65)50-37(45(66)67)28-74-73-19-2-1-16-53/h5-12,16,30,36-37H,1-4,13-15,17-28H2,(H,48,58)(H,49,57)(H,50,65)(H,59,60)(H,61,62)(H,63,64)(H,66,67)(H2,46,68,69)(H2,47,70,71)/t30-,36-,37-/m0/s1. The molecule has 11 N–H and O–H groups in total. The summed E-state index contributed by atoms with van der Waals surface area (Å²) < 4.78 is 52.0. The molecule has 2 rings (SSSR count). The lowest BCUT2D eigenvalue weighted by Crippen LogP contribution is -2.47. The maximum absolute atomic E-state index is 13.3. The number of primary sulfonamides is 2. The Balaban J connectivity index is 2.04. The second-order valence-electron chi connectivity index (χ2n) is 16.8. The number of nitrogens with two attached hydrogens (primary N) is 2. The minimum absolute atomic E-state index is 0.0864. The Labute approximate surface area is 445 Å². The highest BCUT2D eigenvalue weighted by molar-refractivity contribution is 8.76. The van der Waals surface area contributed by atoms with Crippen LogP contribution >= 0.6 is 21.6 Å². The van der Waals surface area contributed by atoms with Crippen molar-refractivity contribution in [3.8, 4) is 0 Å². The number of aliphatic carboxylic acids is 4. The second-order valence-corrected chi connectivity index (χ2v) is 22.6. The molecule has 420 valence electrons. The number of carbonyl (C=O) groups is 11. The average Bonchev–Trinajstić information content (AvgIpc) is 3.31. The molecule has 0 aliphatic rings. The Morgan fingerprint density at radius 3 is 1.76 bits per heavy atom. The van der Waals surface area contributed by atoms with E-state index in [1.165, 1.54) is 57.0 Å². The summed E-state index contributed by atoms with van der Waals surface area (Å²) in [5.41, 5.74) is 0.597. The first-order chi connectivity index (χ1) is 35.7. The Hall–Kier alpha value is -6.19. The van der Waals surface area contributed by atoms with Gasteiger partial charge in [-0.25, -0.2) is 31.9 Å². The highest BCUT2D eigenvalue weighted by Crippen LogP contribution is 2.24. The van der Waals surface area contributed by atoms with Gasteiger partial charge in [0.1, 0.15) is 18.1 Å². The van der Waals surface area contributed by atoms with Gasteiger partial charge in [-0.1, -0.05) is 33.7 Å². The summed E-state index contributed by atoms with van der Waals surface area (Å²) in [6, 6.07) is 6.85. The molecule has 0 aliphatic heterocycles. The van der Waals surface area contributed by atoms with E-state index in [0.717, 1.165) is 29.2 Å². The topological polar surface area (TPSA) is 441 Å². The molecule has 0 unspecified atom stereocenters. The van der Waals surface area contributed by atoms with Crippen LogP contribution < -0.4 is 26.2 Å². The number of unbranched alkanes of at least 4 members (excludes halogenated alkanes) is 1. The molecule has 2 aromatic rings. The smallest absolute Gasteiger partial charge is 0.327 e. The third-order valence-corrected chi connectivity index (χ3v) is 14.8. The zero-order valence-corrected chi connectivity index (χ0v) is 44.1. The van der Waals surface area contributed by atoms with Crippen LogP contribution in [0.25, 0.3) is 0 Å². The van der Waals surface area contributed by atoms with Crippen LogP contribution in [0.4, 0.5) is 5.69 Å². The predicted octanol–water partition coefficient (Wildman–Crippen LogP) is -0.884. The number of Topliss-reactive ketones (excluding diaryl/α,β-unsaturated/α-hetero) is 3. The second kappa shape index (κ2) is 33.8. The minimum Gasteiger partial charge on any atom is -0.481 e.